The van der Waals surface area contributed by atoms with Crippen LogP contribution in [0.2, 0.25) is 0 Å². The van der Waals surface area contributed by atoms with E-state index in [0.29, 0.717) is 19.4 Å². The largest absolute Gasteiger partial charge is 0.393 e. The molecule has 0 aromatic rings. The molecule has 80 valence electrons. The lowest BCUT2D eigenvalue weighted by molar-refractivity contribution is 0.173. The Kier molecular flexibility index (Phi) is 7.96. The third-order valence-corrected chi connectivity index (χ3v) is 2.08. The van der Waals surface area contributed by atoms with Crippen LogP contribution in [0.4, 0.5) is 0 Å². The average Bonchev–Trinajstić information content (AvgIpc) is 2.22. The highest BCUT2D eigenvalue weighted by Gasteiger charge is 1.98. The second-order valence-corrected chi connectivity index (χ2v) is 3.22. The summed E-state index contributed by atoms with van der Waals surface area (Å²) in [4.78, 5) is 0. The molecular formula is C11H20N2O. The van der Waals surface area contributed by atoms with Crippen LogP contribution in [0.3, 0.4) is 0 Å². The summed E-state index contributed by atoms with van der Waals surface area (Å²) in [5.41, 5.74) is 1.12. The first-order chi connectivity index (χ1) is 6.74. The van der Waals surface area contributed by atoms with E-state index in [2.05, 4.69) is 18.3 Å². The van der Waals surface area contributed by atoms with Gasteiger partial charge in [-0.15, -0.1) is 0 Å². The van der Waals surface area contributed by atoms with Crippen molar-refractivity contribution < 1.29 is 5.11 Å². The summed E-state index contributed by atoms with van der Waals surface area (Å²) >= 11 is 0. The molecule has 0 spiro atoms. The van der Waals surface area contributed by atoms with Gasteiger partial charge in [-0.25, -0.2) is 0 Å². The third kappa shape index (κ3) is 6.50. The van der Waals surface area contributed by atoms with Crippen LogP contribution in [-0.4, -0.2) is 17.8 Å². The summed E-state index contributed by atoms with van der Waals surface area (Å²) in [5.74, 6) is 0. The van der Waals surface area contributed by atoms with Crippen molar-refractivity contribution in [3.05, 3.63) is 11.8 Å². The quantitative estimate of drug-likeness (QED) is 0.612. The summed E-state index contributed by atoms with van der Waals surface area (Å²) in [6, 6.07) is 2.08. The van der Waals surface area contributed by atoms with Crippen LogP contribution in [0, 0.1) is 11.3 Å². The van der Waals surface area contributed by atoms with Gasteiger partial charge in [0.15, 0.2) is 0 Å². The molecule has 0 saturated carbocycles. The highest BCUT2D eigenvalue weighted by atomic mass is 16.3. The van der Waals surface area contributed by atoms with Gasteiger partial charge >= 0.3 is 0 Å². The van der Waals surface area contributed by atoms with Crippen LogP contribution in [-0.2, 0) is 0 Å². The lowest BCUT2D eigenvalue weighted by Gasteiger charge is -2.09. The second kappa shape index (κ2) is 8.58. The molecule has 2 N–H and O–H groups in total. The highest BCUT2D eigenvalue weighted by Crippen LogP contribution is 2.03. The molecule has 0 heterocycles. The lowest BCUT2D eigenvalue weighted by atomic mass is 10.1. The van der Waals surface area contributed by atoms with Crippen molar-refractivity contribution in [3.8, 4) is 6.07 Å². The first kappa shape index (κ1) is 13.0. The molecule has 0 rings (SSSR count). The molecule has 0 saturated heterocycles. The van der Waals surface area contributed by atoms with Gasteiger partial charge in [0.2, 0.25) is 0 Å². The Balaban J connectivity index is 3.81. The van der Waals surface area contributed by atoms with Crippen molar-refractivity contribution in [1.29, 1.82) is 5.26 Å². The van der Waals surface area contributed by atoms with Crippen molar-refractivity contribution in [3.63, 3.8) is 0 Å². The average molecular weight is 196 g/mol. The second-order valence-electron chi connectivity index (χ2n) is 3.22. The Bertz CT molecular complexity index is 206. The summed E-state index contributed by atoms with van der Waals surface area (Å²) in [5, 5.41) is 20.9. The van der Waals surface area contributed by atoms with E-state index in [-0.39, 0.29) is 6.10 Å². The normalized spacial score (nSPS) is 13.4. The molecular weight excluding hydrogens is 176 g/mol. The van der Waals surface area contributed by atoms with Gasteiger partial charge in [0.05, 0.1) is 18.6 Å². The Morgan fingerprint density at radius 2 is 2.29 bits per heavy atom. The number of allylic oxidation sites excluding steroid dienone is 1. The fraction of sp³-hybridized carbons (Fsp3) is 0.727. The highest BCUT2D eigenvalue weighted by molar-refractivity contribution is 4.99. The smallest absolute Gasteiger partial charge is 0.0640 e. The Morgan fingerprint density at radius 3 is 2.79 bits per heavy atom. The monoisotopic (exact) mass is 196 g/mol. The van der Waals surface area contributed by atoms with Crippen LogP contribution in [0.5, 0.6) is 0 Å². The molecule has 3 heteroatoms. The number of hydrogen-bond acceptors (Lipinski definition) is 3. The van der Waals surface area contributed by atoms with Crippen LogP contribution in [0.15, 0.2) is 11.8 Å². The van der Waals surface area contributed by atoms with Crippen molar-refractivity contribution >= 4 is 0 Å². The molecule has 0 radical (unpaired) electrons. The number of nitriles is 1. The van der Waals surface area contributed by atoms with Gasteiger partial charge in [-0.05, 0) is 19.3 Å². The minimum Gasteiger partial charge on any atom is -0.393 e. The number of aliphatic hydroxyl groups is 1. The van der Waals surface area contributed by atoms with Crippen molar-refractivity contribution in [1.82, 2.24) is 5.32 Å². The number of hydrogen-bond donors (Lipinski definition) is 2. The van der Waals surface area contributed by atoms with E-state index in [1.807, 2.05) is 13.0 Å². The summed E-state index contributed by atoms with van der Waals surface area (Å²) in [6.07, 6.45) is 4.70. The maximum Gasteiger partial charge on any atom is 0.0640 e. The SMILES string of the molecule is CC/C(=C\CC(O)CC)NCCC#N. The molecule has 1 unspecified atom stereocenters. The zero-order valence-electron chi connectivity index (χ0n) is 9.08. The molecule has 1 atom stereocenters. The van der Waals surface area contributed by atoms with E-state index < -0.39 is 0 Å². The van der Waals surface area contributed by atoms with Gasteiger partial charge in [0.1, 0.15) is 0 Å². The van der Waals surface area contributed by atoms with Gasteiger partial charge in [0, 0.05) is 12.2 Å². The molecule has 0 aromatic heterocycles. The molecule has 0 aliphatic carbocycles. The van der Waals surface area contributed by atoms with Crippen LogP contribution >= 0.6 is 0 Å². The zero-order chi connectivity index (χ0) is 10.8. The van der Waals surface area contributed by atoms with Crippen LogP contribution < -0.4 is 5.32 Å². The topological polar surface area (TPSA) is 56.0 Å². The molecule has 0 aliphatic heterocycles. The van der Waals surface area contributed by atoms with Crippen molar-refractivity contribution in [2.45, 2.75) is 45.6 Å². The standard InChI is InChI=1S/C11H20N2O/c1-3-10(13-9-5-8-12)6-7-11(14)4-2/h6,11,13-14H,3-5,7,9H2,1-2H3/b10-6+. The maximum atomic E-state index is 9.35. The zero-order valence-corrected chi connectivity index (χ0v) is 9.08. The molecule has 0 aromatic carbocycles. The summed E-state index contributed by atoms with van der Waals surface area (Å²) < 4.78 is 0. The van der Waals surface area contributed by atoms with E-state index in [4.69, 9.17) is 5.26 Å². The number of nitrogens with one attached hydrogen (secondary N) is 1. The predicted molar refractivity (Wildman–Crippen MR) is 57.5 cm³/mol. The number of nitrogens with zero attached hydrogens (tertiary/aromatic N) is 1. The van der Waals surface area contributed by atoms with Gasteiger partial charge in [-0.2, -0.15) is 5.26 Å². The lowest BCUT2D eigenvalue weighted by Crippen LogP contribution is -2.14. The molecule has 14 heavy (non-hydrogen) atoms. The summed E-state index contributed by atoms with van der Waals surface area (Å²) in [6.45, 7) is 4.72. The summed E-state index contributed by atoms with van der Waals surface area (Å²) in [7, 11) is 0. The molecule has 0 fully saturated rings. The van der Waals surface area contributed by atoms with E-state index in [1.165, 1.54) is 0 Å². The molecule has 0 aliphatic rings. The van der Waals surface area contributed by atoms with E-state index in [1.54, 1.807) is 0 Å². The first-order valence-corrected chi connectivity index (χ1v) is 5.22. The van der Waals surface area contributed by atoms with Gasteiger partial charge < -0.3 is 10.4 Å². The number of rotatable bonds is 7. The minimum atomic E-state index is -0.241. The first-order valence-electron chi connectivity index (χ1n) is 5.22. The van der Waals surface area contributed by atoms with Crippen LogP contribution in [0.1, 0.15) is 39.5 Å². The Hall–Kier alpha value is -1.01. The predicted octanol–water partition coefficient (Wildman–Crippen LogP) is 1.94. The van der Waals surface area contributed by atoms with Crippen LogP contribution in [0.25, 0.3) is 0 Å². The van der Waals surface area contributed by atoms with E-state index in [0.717, 1.165) is 18.5 Å². The number of aliphatic hydroxyl groups excluding tert-OH is 1. The molecule has 0 bridgehead atoms. The third-order valence-electron chi connectivity index (χ3n) is 2.08. The van der Waals surface area contributed by atoms with Gasteiger partial charge in [-0.3, -0.25) is 0 Å². The van der Waals surface area contributed by atoms with Gasteiger partial charge in [-0.1, -0.05) is 19.9 Å². The fourth-order valence-electron chi connectivity index (χ4n) is 1.07. The Morgan fingerprint density at radius 1 is 1.57 bits per heavy atom. The van der Waals surface area contributed by atoms with E-state index >= 15 is 0 Å². The maximum absolute atomic E-state index is 9.35. The van der Waals surface area contributed by atoms with Crippen molar-refractivity contribution in [2.24, 2.45) is 0 Å². The molecule has 0 amide bonds. The molecule has 3 nitrogen and oxygen atoms in total. The Labute approximate surface area is 86.4 Å². The van der Waals surface area contributed by atoms with Gasteiger partial charge in [0.25, 0.3) is 0 Å². The van der Waals surface area contributed by atoms with E-state index in [9.17, 15) is 5.11 Å². The fourth-order valence-corrected chi connectivity index (χ4v) is 1.07. The minimum absolute atomic E-state index is 0.241. The van der Waals surface area contributed by atoms with Crippen molar-refractivity contribution in [2.75, 3.05) is 6.54 Å².